The molecule has 4 aromatic rings. The molecule has 0 fully saturated rings. The zero-order valence-corrected chi connectivity index (χ0v) is 15.6. The number of aryl methyl sites for hydroxylation is 2. The van der Waals surface area contributed by atoms with E-state index in [4.69, 9.17) is 16.0 Å². The van der Waals surface area contributed by atoms with Gasteiger partial charge in [0.2, 0.25) is 0 Å². The first-order valence-electron chi connectivity index (χ1n) is 8.66. The Morgan fingerprint density at radius 3 is 2.66 bits per heavy atom. The number of hydrogen-bond acceptors (Lipinski definition) is 4. The van der Waals surface area contributed by atoms with Gasteiger partial charge >= 0.3 is 5.76 Å². The first-order valence-corrected chi connectivity index (χ1v) is 9.04. The van der Waals surface area contributed by atoms with Crippen molar-refractivity contribution in [3.63, 3.8) is 0 Å². The number of pyridine rings is 1. The number of hydrogen-bond donors (Lipinski definition) is 0. The van der Waals surface area contributed by atoms with Gasteiger partial charge in [0.15, 0.2) is 23.0 Å². The highest BCUT2D eigenvalue weighted by Crippen LogP contribution is 2.26. The summed E-state index contributed by atoms with van der Waals surface area (Å²) < 4.78 is 33.2. The number of rotatable bonds is 5. The molecule has 0 atom stereocenters. The maximum Gasteiger partial charge on any atom is 0.419 e. The zero-order chi connectivity index (χ0) is 20.5. The van der Waals surface area contributed by atoms with E-state index in [2.05, 4.69) is 4.98 Å². The summed E-state index contributed by atoms with van der Waals surface area (Å²) in [6.45, 7) is 0.315. The number of ketones is 1. The number of carbonyl (C=O) groups is 1. The average molecular weight is 415 g/mol. The van der Waals surface area contributed by atoms with Gasteiger partial charge < -0.3 is 4.42 Å². The molecule has 0 N–H and O–H groups in total. The number of aromatic nitrogens is 2. The molecule has 0 bridgehead atoms. The molecule has 0 saturated heterocycles. The molecule has 0 aliphatic rings. The molecule has 2 aromatic carbocycles. The lowest BCUT2D eigenvalue weighted by atomic mass is 10.0. The number of nitrogens with zero attached hydrogens (tertiary/aromatic N) is 2. The van der Waals surface area contributed by atoms with Crippen LogP contribution in [-0.2, 0) is 13.0 Å². The van der Waals surface area contributed by atoms with Gasteiger partial charge in [0.05, 0.1) is 10.5 Å². The van der Waals surface area contributed by atoms with Crippen LogP contribution in [0.3, 0.4) is 0 Å². The first kappa shape index (κ1) is 19.0. The minimum atomic E-state index is -1.14. The first-order chi connectivity index (χ1) is 13.9. The Hall–Kier alpha value is -3.32. The fraction of sp³-hybridized carbons (Fsp3) is 0.0952. The molecule has 2 aromatic heterocycles. The summed E-state index contributed by atoms with van der Waals surface area (Å²) in [6, 6.07) is 11.1. The van der Waals surface area contributed by atoms with E-state index in [1.165, 1.54) is 16.7 Å². The molecular weight excluding hydrogens is 402 g/mol. The van der Waals surface area contributed by atoms with Crippen LogP contribution in [0.2, 0.25) is 5.02 Å². The summed E-state index contributed by atoms with van der Waals surface area (Å²) >= 11 is 6.26. The van der Waals surface area contributed by atoms with E-state index < -0.39 is 23.2 Å². The zero-order valence-electron chi connectivity index (χ0n) is 14.9. The summed E-state index contributed by atoms with van der Waals surface area (Å²) in [5.41, 5.74) is 1.37. The normalized spacial score (nSPS) is 11.1. The number of halogens is 3. The van der Waals surface area contributed by atoms with Crippen LogP contribution in [0.25, 0.3) is 11.1 Å². The van der Waals surface area contributed by atoms with Crippen molar-refractivity contribution in [3.05, 3.63) is 98.8 Å². The molecule has 0 radical (unpaired) electrons. The van der Waals surface area contributed by atoms with Crippen LogP contribution >= 0.6 is 11.6 Å². The topological polar surface area (TPSA) is 65.1 Å². The Bertz CT molecular complexity index is 1280. The van der Waals surface area contributed by atoms with Crippen molar-refractivity contribution >= 4 is 28.5 Å². The maximum absolute atomic E-state index is 13.5. The highest BCUT2D eigenvalue weighted by Gasteiger charge is 2.19. The quantitative estimate of drug-likeness (QED) is 0.454. The Kier molecular flexibility index (Phi) is 4.98. The maximum atomic E-state index is 13.5. The van der Waals surface area contributed by atoms with E-state index in [1.54, 1.807) is 12.3 Å². The molecule has 4 rings (SSSR count). The van der Waals surface area contributed by atoms with Gasteiger partial charge in [-0.1, -0.05) is 17.7 Å². The lowest BCUT2D eigenvalue weighted by Crippen LogP contribution is -2.15. The fourth-order valence-corrected chi connectivity index (χ4v) is 3.28. The third-order valence-corrected chi connectivity index (χ3v) is 4.81. The van der Waals surface area contributed by atoms with Gasteiger partial charge in [0.25, 0.3) is 0 Å². The molecule has 29 heavy (non-hydrogen) atoms. The van der Waals surface area contributed by atoms with Crippen molar-refractivity contribution in [2.24, 2.45) is 0 Å². The van der Waals surface area contributed by atoms with Gasteiger partial charge in [-0.25, -0.2) is 13.6 Å². The Labute approximate surface area is 168 Å². The van der Waals surface area contributed by atoms with Crippen LogP contribution in [0, 0.1) is 11.6 Å². The van der Waals surface area contributed by atoms with Gasteiger partial charge in [-0.15, -0.1) is 0 Å². The highest BCUT2D eigenvalue weighted by atomic mass is 35.5. The largest absolute Gasteiger partial charge is 0.419 e. The van der Waals surface area contributed by atoms with E-state index in [0.29, 0.717) is 18.5 Å². The Morgan fingerprint density at radius 1 is 1.10 bits per heavy atom. The molecule has 0 aliphatic heterocycles. The third-order valence-electron chi connectivity index (χ3n) is 4.50. The van der Waals surface area contributed by atoms with Crippen LogP contribution in [0.5, 0.6) is 0 Å². The molecule has 146 valence electrons. The van der Waals surface area contributed by atoms with Crippen LogP contribution in [0.4, 0.5) is 8.78 Å². The molecule has 0 saturated carbocycles. The number of oxazole rings is 1. The van der Waals surface area contributed by atoms with Crippen molar-refractivity contribution in [3.8, 4) is 0 Å². The minimum absolute atomic E-state index is 0.0239. The number of fused-ring (bicyclic) bond motifs is 1. The summed E-state index contributed by atoms with van der Waals surface area (Å²) in [4.78, 5) is 29.1. The summed E-state index contributed by atoms with van der Waals surface area (Å²) in [5.74, 6) is -3.40. The number of benzene rings is 2. The molecule has 0 aliphatic carbocycles. The van der Waals surface area contributed by atoms with Crippen molar-refractivity contribution < 1.29 is 18.0 Å². The van der Waals surface area contributed by atoms with Gasteiger partial charge in [-0.05, 0) is 42.5 Å². The van der Waals surface area contributed by atoms with Crippen LogP contribution in [-0.4, -0.2) is 15.3 Å². The van der Waals surface area contributed by atoms with Gasteiger partial charge in [-0.2, -0.15) is 0 Å². The van der Waals surface area contributed by atoms with Crippen molar-refractivity contribution in [1.29, 1.82) is 0 Å². The van der Waals surface area contributed by atoms with Gasteiger partial charge in [-0.3, -0.25) is 14.3 Å². The van der Waals surface area contributed by atoms with E-state index in [0.717, 1.165) is 23.9 Å². The lowest BCUT2D eigenvalue weighted by molar-refractivity contribution is 0.103. The smallest absolute Gasteiger partial charge is 0.408 e. The van der Waals surface area contributed by atoms with E-state index in [1.807, 2.05) is 12.1 Å². The standard InChI is InChI=1S/C21H13ClF2N2O3/c22-15-11-18-19(10-14(15)20(27)12-4-5-16(23)17(24)9-12)29-21(28)26(18)8-6-13-3-1-2-7-25-13/h1-5,7,9-11H,6,8H2. The predicted octanol–water partition coefficient (Wildman–Crippen LogP) is 4.39. The SMILES string of the molecule is O=C(c1ccc(F)c(F)c1)c1cc2oc(=O)n(CCc3ccccn3)c2cc1Cl. The molecule has 5 nitrogen and oxygen atoms in total. The van der Waals surface area contributed by atoms with E-state index in [-0.39, 0.29) is 21.7 Å². The van der Waals surface area contributed by atoms with Crippen LogP contribution in [0.1, 0.15) is 21.6 Å². The van der Waals surface area contributed by atoms with Crippen LogP contribution in [0.15, 0.2) is 63.9 Å². The summed E-state index contributed by atoms with van der Waals surface area (Å²) in [7, 11) is 0. The second-order valence-corrected chi connectivity index (χ2v) is 6.76. The monoisotopic (exact) mass is 414 g/mol. The van der Waals surface area contributed by atoms with Gasteiger partial charge in [0, 0.05) is 36.0 Å². The lowest BCUT2D eigenvalue weighted by Gasteiger charge is -2.06. The predicted molar refractivity (Wildman–Crippen MR) is 103 cm³/mol. The van der Waals surface area contributed by atoms with E-state index in [9.17, 15) is 18.4 Å². The van der Waals surface area contributed by atoms with Gasteiger partial charge in [0.1, 0.15) is 0 Å². The summed E-state index contributed by atoms with van der Waals surface area (Å²) in [6.07, 6.45) is 2.17. The van der Waals surface area contributed by atoms with E-state index >= 15 is 0 Å². The molecule has 8 heteroatoms. The van der Waals surface area contributed by atoms with Crippen molar-refractivity contribution in [1.82, 2.24) is 9.55 Å². The molecule has 2 heterocycles. The third kappa shape index (κ3) is 3.69. The molecular formula is C21H13ClF2N2O3. The Morgan fingerprint density at radius 2 is 1.93 bits per heavy atom. The minimum Gasteiger partial charge on any atom is -0.408 e. The average Bonchev–Trinajstić information content (AvgIpc) is 3.02. The number of carbonyl (C=O) groups excluding carboxylic acids is 1. The molecule has 0 spiro atoms. The fourth-order valence-electron chi connectivity index (χ4n) is 3.03. The highest BCUT2D eigenvalue weighted by molar-refractivity contribution is 6.35. The van der Waals surface area contributed by atoms with Crippen molar-refractivity contribution in [2.45, 2.75) is 13.0 Å². The van der Waals surface area contributed by atoms with Crippen LogP contribution < -0.4 is 5.76 Å². The van der Waals surface area contributed by atoms with Crippen molar-refractivity contribution in [2.75, 3.05) is 0 Å². The molecule has 0 amide bonds. The second kappa shape index (κ2) is 7.60. The Balaban J connectivity index is 1.70. The second-order valence-electron chi connectivity index (χ2n) is 6.35. The summed E-state index contributed by atoms with van der Waals surface area (Å²) in [5, 5.41) is 0.0691. The molecule has 0 unspecified atom stereocenters.